The second-order valence-electron chi connectivity index (χ2n) is 5.39. The number of anilines is 1. The van der Waals surface area contributed by atoms with E-state index in [1.807, 2.05) is 0 Å². The van der Waals surface area contributed by atoms with Crippen LogP contribution in [0.3, 0.4) is 0 Å². The predicted octanol–water partition coefficient (Wildman–Crippen LogP) is 2.78. The summed E-state index contributed by atoms with van der Waals surface area (Å²) in [7, 11) is 0. The molecule has 0 spiro atoms. The first-order chi connectivity index (χ1) is 12.5. The molecule has 1 aromatic carbocycles. The third-order valence-corrected chi connectivity index (χ3v) is 3.53. The lowest BCUT2D eigenvalue weighted by atomic mass is 10.0. The van der Waals surface area contributed by atoms with Gasteiger partial charge in [-0.25, -0.2) is 4.39 Å². The number of carbonyl (C=O) groups is 2. The maximum absolute atomic E-state index is 13.2. The maximum Gasteiger partial charge on any atom is 0.303 e. The molecular formula is C18H15FN4O3. The van der Waals surface area contributed by atoms with Gasteiger partial charge in [0.05, 0.1) is 11.3 Å². The van der Waals surface area contributed by atoms with Crippen LogP contribution in [0.1, 0.15) is 6.92 Å². The Morgan fingerprint density at radius 3 is 2.46 bits per heavy atom. The first kappa shape index (κ1) is 17.3. The number of hydrogen-bond acceptors (Lipinski definition) is 5. The summed E-state index contributed by atoms with van der Waals surface area (Å²) < 4.78 is 17.9. The van der Waals surface area contributed by atoms with Crippen molar-refractivity contribution in [2.24, 2.45) is 0 Å². The van der Waals surface area contributed by atoms with Gasteiger partial charge in [0.15, 0.2) is 12.4 Å². The van der Waals surface area contributed by atoms with Gasteiger partial charge in [0.25, 0.3) is 5.91 Å². The Hall–Kier alpha value is -3.55. The number of carbonyl (C=O) groups excluding carboxylic acids is 2. The zero-order valence-electron chi connectivity index (χ0n) is 13.8. The largest absolute Gasteiger partial charge is 0.456 e. The van der Waals surface area contributed by atoms with E-state index in [0.29, 0.717) is 16.8 Å². The Bertz CT molecular complexity index is 923. The van der Waals surface area contributed by atoms with E-state index in [1.54, 1.807) is 36.7 Å². The van der Waals surface area contributed by atoms with Gasteiger partial charge in [0.1, 0.15) is 5.82 Å². The summed E-state index contributed by atoms with van der Waals surface area (Å²) >= 11 is 0. The predicted molar refractivity (Wildman–Crippen MR) is 92.5 cm³/mol. The molecule has 0 bridgehead atoms. The van der Waals surface area contributed by atoms with Crippen LogP contribution in [0.5, 0.6) is 0 Å². The van der Waals surface area contributed by atoms with Gasteiger partial charge in [-0.15, -0.1) is 0 Å². The number of pyridine rings is 1. The Balaban J connectivity index is 1.98. The van der Waals surface area contributed by atoms with Crippen LogP contribution in [-0.4, -0.2) is 33.7 Å². The molecule has 3 rings (SSSR count). The average Bonchev–Trinajstić information content (AvgIpc) is 3.05. The number of rotatable bonds is 5. The van der Waals surface area contributed by atoms with E-state index in [1.165, 1.54) is 19.1 Å². The zero-order valence-corrected chi connectivity index (χ0v) is 13.8. The molecule has 0 fully saturated rings. The van der Waals surface area contributed by atoms with E-state index in [4.69, 9.17) is 0 Å². The molecule has 8 heteroatoms. The molecule has 2 heterocycles. The van der Waals surface area contributed by atoms with Crippen LogP contribution in [-0.2, 0) is 14.3 Å². The number of nitrogens with zero attached hydrogens (tertiary/aromatic N) is 2. The number of halogens is 1. The topological polar surface area (TPSA) is 97.0 Å². The molecule has 0 aliphatic rings. The third kappa shape index (κ3) is 3.92. The van der Waals surface area contributed by atoms with Crippen molar-refractivity contribution < 1.29 is 18.7 Å². The number of amides is 1. The number of aromatic nitrogens is 3. The van der Waals surface area contributed by atoms with E-state index in [2.05, 4.69) is 25.2 Å². The lowest BCUT2D eigenvalue weighted by Crippen LogP contribution is -2.20. The molecule has 1 amide bonds. The summed E-state index contributed by atoms with van der Waals surface area (Å²) in [5.74, 6) is -1.16. The minimum atomic E-state index is -0.552. The van der Waals surface area contributed by atoms with E-state index in [0.717, 1.165) is 5.56 Å². The number of esters is 1. The smallest absolute Gasteiger partial charge is 0.303 e. The SMILES string of the molecule is CC(=O)OCC(=O)Nc1n[nH]c(-c2ccc(F)cc2)c1-c1ccncc1. The van der Waals surface area contributed by atoms with E-state index in [-0.39, 0.29) is 11.6 Å². The minimum absolute atomic E-state index is 0.271. The molecule has 2 N–H and O–H groups in total. The van der Waals surface area contributed by atoms with Crippen molar-refractivity contribution in [1.82, 2.24) is 15.2 Å². The zero-order chi connectivity index (χ0) is 18.5. The molecule has 0 saturated carbocycles. The van der Waals surface area contributed by atoms with Crippen molar-refractivity contribution in [2.75, 3.05) is 11.9 Å². The van der Waals surface area contributed by atoms with Crippen molar-refractivity contribution in [3.8, 4) is 22.4 Å². The van der Waals surface area contributed by atoms with E-state index < -0.39 is 18.5 Å². The van der Waals surface area contributed by atoms with Crippen LogP contribution in [0, 0.1) is 5.82 Å². The van der Waals surface area contributed by atoms with Gasteiger partial charge in [-0.1, -0.05) is 0 Å². The minimum Gasteiger partial charge on any atom is -0.456 e. The van der Waals surface area contributed by atoms with Gasteiger partial charge >= 0.3 is 5.97 Å². The van der Waals surface area contributed by atoms with E-state index >= 15 is 0 Å². The van der Waals surface area contributed by atoms with Crippen LogP contribution >= 0.6 is 0 Å². The van der Waals surface area contributed by atoms with Gasteiger partial charge in [0, 0.05) is 24.9 Å². The number of aromatic amines is 1. The van der Waals surface area contributed by atoms with Crippen LogP contribution in [0.4, 0.5) is 10.2 Å². The molecular weight excluding hydrogens is 339 g/mol. The normalized spacial score (nSPS) is 10.4. The number of ether oxygens (including phenoxy) is 1. The highest BCUT2D eigenvalue weighted by atomic mass is 19.1. The lowest BCUT2D eigenvalue weighted by Gasteiger charge is -2.08. The number of nitrogens with one attached hydrogen (secondary N) is 2. The molecule has 0 unspecified atom stereocenters. The summed E-state index contributed by atoms with van der Waals surface area (Å²) in [5.41, 5.74) is 2.69. The van der Waals surface area contributed by atoms with Crippen molar-refractivity contribution in [3.05, 3.63) is 54.6 Å². The highest BCUT2D eigenvalue weighted by molar-refractivity contribution is 5.98. The first-order valence-corrected chi connectivity index (χ1v) is 7.72. The van der Waals surface area contributed by atoms with Crippen molar-refractivity contribution in [1.29, 1.82) is 0 Å². The van der Waals surface area contributed by atoms with Crippen LogP contribution in [0.15, 0.2) is 48.8 Å². The van der Waals surface area contributed by atoms with E-state index in [9.17, 15) is 14.0 Å². The number of hydrogen-bond donors (Lipinski definition) is 2. The Morgan fingerprint density at radius 2 is 1.81 bits per heavy atom. The molecule has 0 aliphatic carbocycles. The van der Waals surface area contributed by atoms with Gasteiger partial charge < -0.3 is 10.1 Å². The molecule has 26 heavy (non-hydrogen) atoms. The summed E-state index contributed by atoms with van der Waals surface area (Å²) in [5, 5.41) is 9.62. The molecule has 0 atom stereocenters. The number of H-pyrrole nitrogens is 1. The average molecular weight is 354 g/mol. The van der Waals surface area contributed by atoms with Crippen LogP contribution in [0.2, 0.25) is 0 Å². The van der Waals surface area contributed by atoms with Gasteiger partial charge in [-0.2, -0.15) is 5.10 Å². The van der Waals surface area contributed by atoms with Crippen LogP contribution < -0.4 is 5.32 Å². The molecule has 0 saturated heterocycles. The highest BCUT2D eigenvalue weighted by Crippen LogP contribution is 2.35. The fraction of sp³-hybridized carbons (Fsp3) is 0.111. The molecule has 0 aliphatic heterocycles. The third-order valence-electron chi connectivity index (χ3n) is 3.53. The Kier molecular flexibility index (Phi) is 5.02. The standard InChI is InChI=1S/C18H15FN4O3/c1-11(24)26-10-15(25)21-18-16(12-6-8-20-9-7-12)17(22-23-18)13-2-4-14(19)5-3-13/h2-9H,10H2,1H3,(H2,21,22,23,25). The Morgan fingerprint density at radius 1 is 1.12 bits per heavy atom. The fourth-order valence-electron chi connectivity index (χ4n) is 2.39. The van der Waals surface area contributed by atoms with Crippen LogP contribution in [0.25, 0.3) is 22.4 Å². The second-order valence-corrected chi connectivity index (χ2v) is 5.39. The van der Waals surface area contributed by atoms with Crippen molar-refractivity contribution in [3.63, 3.8) is 0 Å². The second kappa shape index (κ2) is 7.56. The maximum atomic E-state index is 13.2. The van der Waals surface area contributed by atoms with Gasteiger partial charge in [-0.3, -0.25) is 19.7 Å². The lowest BCUT2D eigenvalue weighted by molar-refractivity contribution is -0.144. The fourth-order valence-corrected chi connectivity index (χ4v) is 2.39. The number of benzene rings is 1. The summed E-state index contributed by atoms with van der Waals surface area (Å²) in [6.45, 7) is 0.806. The van der Waals surface area contributed by atoms with Gasteiger partial charge in [0.2, 0.25) is 0 Å². The molecule has 3 aromatic rings. The molecule has 7 nitrogen and oxygen atoms in total. The highest BCUT2D eigenvalue weighted by Gasteiger charge is 2.19. The molecule has 0 radical (unpaired) electrons. The molecule has 132 valence electrons. The molecule has 2 aromatic heterocycles. The van der Waals surface area contributed by atoms with Gasteiger partial charge in [-0.05, 0) is 42.0 Å². The quantitative estimate of drug-likeness (QED) is 0.687. The summed E-state index contributed by atoms with van der Waals surface area (Å²) in [6.07, 6.45) is 3.22. The summed E-state index contributed by atoms with van der Waals surface area (Å²) in [6, 6.07) is 9.42. The van der Waals surface area contributed by atoms with Crippen molar-refractivity contribution >= 4 is 17.7 Å². The monoisotopic (exact) mass is 354 g/mol. The van der Waals surface area contributed by atoms with Crippen molar-refractivity contribution in [2.45, 2.75) is 6.92 Å². The Labute approximate surface area is 148 Å². The first-order valence-electron chi connectivity index (χ1n) is 7.72. The summed E-state index contributed by atoms with van der Waals surface area (Å²) in [4.78, 5) is 26.8.